The number of benzene rings is 1. The average molecular weight is 277 g/mol. The van der Waals surface area contributed by atoms with Gasteiger partial charge in [-0.05, 0) is 37.8 Å². The van der Waals surface area contributed by atoms with Gasteiger partial charge >= 0.3 is 0 Å². The monoisotopic (exact) mass is 277 g/mol. The van der Waals surface area contributed by atoms with Crippen LogP contribution < -0.4 is 10.5 Å². The summed E-state index contributed by atoms with van der Waals surface area (Å²) < 4.78 is 5.57. The van der Waals surface area contributed by atoms with Crippen molar-refractivity contribution in [3.63, 3.8) is 0 Å². The molecule has 0 radical (unpaired) electrons. The first kappa shape index (κ1) is 15.9. The smallest absolute Gasteiger partial charge is 0.269 e. The maximum atomic E-state index is 10.6. The molecule has 1 rings (SSSR count). The molecule has 1 aromatic rings. The van der Waals surface area contributed by atoms with E-state index in [1.165, 1.54) is 12.1 Å². The van der Waals surface area contributed by atoms with E-state index in [9.17, 15) is 10.1 Å². The van der Waals surface area contributed by atoms with Gasteiger partial charge in [0.15, 0.2) is 0 Å². The Labute approximate surface area is 118 Å². The fraction of sp³-hybridized carbons (Fsp3) is 0.500. The Morgan fingerprint density at radius 1 is 1.55 bits per heavy atom. The fourth-order valence-electron chi connectivity index (χ4n) is 1.79. The molecule has 0 aliphatic carbocycles. The van der Waals surface area contributed by atoms with Crippen molar-refractivity contribution in [3.8, 4) is 11.8 Å². The van der Waals surface area contributed by atoms with Crippen LogP contribution in [0.5, 0.6) is 5.75 Å². The lowest BCUT2D eigenvalue weighted by Gasteiger charge is -2.19. The van der Waals surface area contributed by atoms with Gasteiger partial charge in [0.25, 0.3) is 5.69 Å². The second-order valence-electron chi connectivity index (χ2n) is 4.78. The topological polar surface area (TPSA) is 102 Å². The number of rotatable bonds is 7. The van der Waals surface area contributed by atoms with Crippen LogP contribution >= 0.6 is 0 Å². The third kappa shape index (κ3) is 4.21. The van der Waals surface area contributed by atoms with Crippen molar-refractivity contribution in [3.05, 3.63) is 33.9 Å². The summed E-state index contributed by atoms with van der Waals surface area (Å²) in [7, 11) is 0. The first-order chi connectivity index (χ1) is 9.41. The normalized spacial score (nSPS) is 13.3. The van der Waals surface area contributed by atoms with Gasteiger partial charge < -0.3 is 10.5 Å². The second-order valence-corrected chi connectivity index (χ2v) is 4.78. The number of ether oxygens (including phenoxy) is 1. The van der Waals surface area contributed by atoms with E-state index in [2.05, 4.69) is 6.07 Å². The van der Waals surface area contributed by atoms with E-state index in [0.717, 1.165) is 0 Å². The average Bonchev–Trinajstić information content (AvgIpc) is 2.44. The molecule has 0 aromatic heterocycles. The molecule has 0 saturated carbocycles. The number of nitro benzene ring substituents is 1. The quantitative estimate of drug-likeness (QED) is 0.469. The lowest BCUT2D eigenvalue weighted by atomic mass is 9.94. The maximum Gasteiger partial charge on any atom is 0.269 e. The molecule has 1 unspecified atom stereocenters. The number of non-ortho nitro benzene ring substituents is 1. The summed E-state index contributed by atoms with van der Waals surface area (Å²) in [5.74, 6) is 0.617. The Balaban J connectivity index is 2.51. The Morgan fingerprint density at radius 3 is 2.75 bits per heavy atom. The number of hydrogen-bond acceptors (Lipinski definition) is 5. The lowest BCUT2D eigenvalue weighted by Crippen LogP contribution is -2.37. The molecule has 108 valence electrons. The zero-order chi connectivity index (χ0) is 15.2. The summed E-state index contributed by atoms with van der Waals surface area (Å²) in [5.41, 5.74) is 5.83. The Morgan fingerprint density at radius 2 is 2.25 bits per heavy atom. The van der Waals surface area contributed by atoms with Gasteiger partial charge in [0.1, 0.15) is 11.3 Å². The van der Waals surface area contributed by atoms with E-state index < -0.39 is 10.5 Å². The van der Waals surface area contributed by atoms with Crippen LogP contribution in [0.4, 0.5) is 5.69 Å². The Bertz CT molecular complexity index is 525. The molecule has 1 atom stereocenters. The molecule has 2 N–H and O–H groups in total. The standard InChI is InChI=1S/C14H19N3O3/c1-3-14(16,10-15)7-4-8-20-13-6-5-12(17(18)19)9-11(13)2/h5-6,9H,3-4,7-8,16H2,1-2H3. The van der Waals surface area contributed by atoms with Gasteiger partial charge in [-0.15, -0.1) is 0 Å². The SMILES string of the molecule is CCC(N)(C#N)CCCOc1ccc([N+](=O)[O-])cc1C. The summed E-state index contributed by atoms with van der Waals surface area (Å²) in [6, 6.07) is 6.59. The van der Waals surface area contributed by atoms with Crippen molar-refractivity contribution in [2.75, 3.05) is 6.61 Å². The number of nitriles is 1. The maximum absolute atomic E-state index is 10.6. The van der Waals surface area contributed by atoms with Crippen LogP contribution in [0.15, 0.2) is 18.2 Å². The van der Waals surface area contributed by atoms with Crippen molar-refractivity contribution in [1.29, 1.82) is 5.26 Å². The van der Waals surface area contributed by atoms with Gasteiger partial charge in [-0.25, -0.2) is 0 Å². The van der Waals surface area contributed by atoms with Gasteiger partial charge in [0, 0.05) is 12.1 Å². The molecule has 20 heavy (non-hydrogen) atoms. The molecule has 6 nitrogen and oxygen atoms in total. The van der Waals surface area contributed by atoms with Crippen LogP contribution in [0.2, 0.25) is 0 Å². The highest BCUT2D eigenvalue weighted by atomic mass is 16.6. The van der Waals surface area contributed by atoms with Crippen LogP contribution in [0.25, 0.3) is 0 Å². The molecule has 0 fully saturated rings. The van der Waals surface area contributed by atoms with Crippen LogP contribution in [0.1, 0.15) is 31.7 Å². The zero-order valence-corrected chi connectivity index (χ0v) is 11.8. The highest BCUT2D eigenvalue weighted by Crippen LogP contribution is 2.23. The van der Waals surface area contributed by atoms with Crippen LogP contribution in [-0.2, 0) is 0 Å². The molecule has 0 heterocycles. The predicted molar refractivity (Wildman–Crippen MR) is 75.4 cm³/mol. The molecule has 0 aliphatic heterocycles. The number of hydrogen-bond donors (Lipinski definition) is 1. The van der Waals surface area contributed by atoms with E-state index in [1.54, 1.807) is 13.0 Å². The highest BCUT2D eigenvalue weighted by Gasteiger charge is 2.21. The van der Waals surface area contributed by atoms with Gasteiger partial charge in [0.2, 0.25) is 0 Å². The van der Waals surface area contributed by atoms with Crippen LogP contribution in [-0.4, -0.2) is 17.1 Å². The number of nitro groups is 1. The Hall–Kier alpha value is -2.13. The third-order valence-electron chi connectivity index (χ3n) is 3.25. The highest BCUT2D eigenvalue weighted by molar-refractivity contribution is 5.42. The van der Waals surface area contributed by atoms with Gasteiger partial charge in [-0.3, -0.25) is 10.1 Å². The van der Waals surface area contributed by atoms with Crippen LogP contribution in [0.3, 0.4) is 0 Å². The Kier molecular flexibility index (Phi) is 5.47. The molecule has 0 aliphatic rings. The molecule has 1 aromatic carbocycles. The van der Waals surface area contributed by atoms with E-state index in [0.29, 0.717) is 37.2 Å². The lowest BCUT2D eigenvalue weighted by molar-refractivity contribution is -0.384. The van der Waals surface area contributed by atoms with Gasteiger partial charge in [-0.2, -0.15) is 5.26 Å². The first-order valence-electron chi connectivity index (χ1n) is 6.50. The molecular weight excluding hydrogens is 258 g/mol. The molecule has 0 bridgehead atoms. The van der Waals surface area contributed by atoms with Gasteiger partial charge in [-0.1, -0.05) is 6.92 Å². The molecule has 0 amide bonds. The molecule has 6 heteroatoms. The van der Waals surface area contributed by atoms with Crippen molar-refractivity contribution in [2.24, 2.45) is 5.73 Å². The summed E-state index contributed by atoms with van der Waals surface area (Å²) in [6.45, 7) is 4.07. The second kappa shape index (κ2) is 6.87. The largest absolute Gasteiger partial charge is 0.493 e. The molecular formula is C14H19N3O3. The van der Waals surface area contributed by atoms with E-state index in [1.807, 2.05) is 6.92 Å². The predicted octanol–water partition coefficient (Wildman–Crippen LogP) is 2.69. The third-order valence-corrected chi connectivity index (χ3v) is 3.25. The number of aryl methyl sites for hydroxylation is 1. The summed E-state index contributed by atoms with van der Waals surface area (Å²) in [6.07, 6.45) is 1.82. The van der Waals surface area contributed by atoms with Crippen molar-refractivity contribution < 1.29 is 9.66 Å². The molecule has 0 spiro atoms. The van der Waals surface area contributed by atoms with E-state index in [-0.39, 0.29) is 5.69 Å². The van der Waals surface area contributed by atoms with Crippen LogP contribution in [0, 0.1) is 28.4 Å². The first-order valence-corrected chi connectivity index (χ1v) is 6.50. The van der Waals surface area contributed by atoms with Crippen molar-refractivity contribution >= 4 is 5.69 Å². The minimum absolute atomic E-state index is 0.0475. The van der Waals surface area contributed by atoms with E-state index in [4.69, 9.17) is 15.7 Å². The van der Waals surface area contributed by atoms with E-state index >= 15 is 0 Å². The van der Waals surface area contributed by atoms with Crippen molar-refractivity contribution in [2.45, 2.75) is 38.6 Å². The molecule has 0 saturated heterocycles. The fourth-order valence-corrected chi connectivity index (χ4v) is 1.79. The number of nitrogens with two attached hydrogens (primary N) is 1. The summed E-state index contributed by atoms with van der Waals surface area (Å²) >= 11 is 0. The number of nitrogens with zero attached hydrogens (tertiary/aromatic N) is 2. The van der Waals surface area contributed by atoms with Crippen molar-refractivity contribution in [1.82, 2.24) is 0 Å². The minimum atomic E-state index is -0.798. The zero-order valence-electron chi connectivity index (χ0n) is 11.8. The summed E-state index contributed by atoms with van der Waals surface area (Å²) in [4.78, 5) is 10.2. The van der Waals surface area contributed by atoms with Gasteiger partial charge in [0.05, 0.1) is 17.6 Å². The minimum Gasteiger partial charge on any atom is -0.493 e. The summed E-state index contributed by atoms with van der Waals surface area (Å²) in [5, 5.41) is 19.6.